The second-order valence-electron chi connectivity index (χ2n) is 3.58. The molecule has 1 aromatic carbocycles. The van der Waals surface area contributed by atoms with E-state index in [4.69, 9.17) is 11.6 Å². The van der Waals surface area contributed by atoms with Gasteiger partial charge < -0.3 is 5.32 Å². The fourth-order valence-electron chi connectivity index (χ4n) is 0.906. The minimum absolute atomic E-state index is 0.463. The number of hydrogen-bond acceptors (Lipinski definition) is 1. The lowest BCUT2D eigenvalue weighted by Crippen LogP contribution is -2.32. The maximum atomic E-state index is 13.2. The monoisotopic (exact) mass is 293 g/mol. The SMILES string of the molecule is CC(C)(F)C(=O)Nc1cc(Cl)cc(Br)c1. The van der Waals surface area contributed by atoms with Crippen molar-refractivity contribution >= 4 is 39.1 Å². The van der Waals surface area contributed by atoms with Crippen molar-refractivity contribution in [2.45, 2.75) is 19.5 Å². The molecule has 0 bridgehead atoms. The molecule has 1 amide bonds. The normalized spacial score (nSPS) is 11.3. The number of nitrogens with one attached hydrogen (secondary N) is 1. The largest absolute Gasteiger partial charge is 0.323 e. The Labute approximate surface area is 101 Å². The number of anilines is 1. The molecule has 0 aliphatic carbocycles. The van der Waals surface area contributed by atoms with Crippen molar-refractivity contribution in [3.05, 3.63) is 27.7 Å². The van der Waals surface area contributed by atoms with E-state index in [1.807, 2.05) is 0 Å². The Morgan fingerprint density at radius 3 is 2.53 bits per heavy atom. The molecule has 0 saturated carbocycles. The first-order valence-electron chi connectivity index (χ1n) is 4.25. The summed E-state index contributed by atoms with van der Waals surface area (Å²) in [6.07, 6.45) is 0. The Balaban J connectivity index is 2.86. The highest BCUT2D eigenvalue weighted by atomic mass is 79.9. The first kappa shape index (κ1) is 12.5. The third-order valence-electron chi connectivity index (χ3n) is 1.66. The number of halogens is 3. The van der Waals surface area contributed by atoms with Crippen LogP contribution in [-0.4, -0.2) is 11.6 Å². The van der Waals surface area contributed by atoms with Crippen molar-refractivity contribution < 1.29 is 9.18 Å². The summed E-state index contributed by atoms with van der Waals surface area (Å²) < 4.78 is 13.9. The number of carbonyl (C=O) groups is 1. The van der Waals surface area contributed by atoms with Gasteiger partial charge in [-0.2, -0.15) is 0 Å². The number of alkyl halides is 1. The molecular formula is C10H10BrClFNO. The van der Waals surface area contributed by atoms with Gasteiger partial charge in [0.2, 0.25) is 0 Å². The number of carbonyl (C=O) groups excluding carboxylic acids is 1. The summed E-state index contributed by atoms with van der Waals surface area (Å²) in [6.45, 7) is 2.39. The summed E-state index contributed by atoms with van der Waals surface area (Å²) >= 11 is 9.00. The Morgan fingerprint density at radius 1 is 1.47 bits per heavy atom. The van der Waals surface area contributed by atoms with Gasteiger partial charge in [0.25, 0.3) is 5.91 Å². The molecule has 0 aromatic heterocycles. The average molecular weight is 295 g/mol. The van der Waals surface area contributed by atoms with Crippen LogP contribution in [0.3, 0.4) is 0 Å². The number of hydrogen-bond donors (Lipinski definition) is 1. The molecule has 0 radical (unpaired) electrons. The van der Waals surface area contributed by atoms with Crippen LogP contribution in [0, 0.1) is 0 Å². The molecule has 0 heterocycles. The number of rotatable bonds is 2. The van der Waals surface area contributed by atoms with Crippen molar-refractivity contribution in [1.29, 1.82) is 0 Å². The smallest absolute Gasteiger partial charge is 0.261 e. The molecule has 0 fully saturated rings. The fraction of sp³-hybridized carbons (Fsp3) is 0.300. The van der Waals surface area contributed by atoms with E-state index < -0.39 is 11.6 Å². The van der Waals surface area contributed by atoms with E-state index in [9.17, 15) is 9.18 Å². The lowest BCUT2D eigenvalue weighted by molar-refractivity contribution is -0.125. The molecule has 0 unspecified atom stereocenters. The van der Waals surface area contributed by atoms with Gasteiger partial charge in [-0.1, -0.05) is 27.5 Å². The molecule has 2 nitrogen and oxygen atoms in total. The van der Waals surface area contributed by atoms with Crippen LogP contribution in [0.1, 0.15) is 13.8 Å². The standard InChI is InChI=1S/C10H10BrClFNO/c1-10(2,13)9(15)14-8-4-6(11)3-7(12)5-8/h3-5H,1-2H3,(H,14,15). The average Bonchev–Trinajstić information content (AvgIpc) is 1.99. The van der Waals surface area contributed by atoms with Crippen LogP contribution in [0.5, 0.6) is 0 Å². The number of amides is 1. The molecule has 0 spiro atoms. The van der Waals surface area contributed by atoms with Gasteiger partial charge in [0.15, 0.2) is 5.67 Å². The van der Waals surface area contributed by atoms with Crippen LogP contribution in [0.2, 0.25) is 5.02 Å². The minimum atomic E-state index is -1.91. The van der Waals surface area contributed by atoms with Crippen LogP contribution in [0.4, 0.5) is 10.1 Å². The molecule has 0 aliphatic rings. The Morgan fingerprint density at radius 2 is 2.07 bits per heavy atom. The van der Waals surface area contributed by atoms with Crippen LogP contribution >= 0.6 is 27.5 Å². The topological polar surface area (TPSA) is 29.1 Å². The van der Waals surface area contributed by atoms with E-state index in [0.29, 0.717) is 10.7 Å². The summed E-state index contributed by atoms with van der Waals surface area (Å²) in [5, 5.41) is 2.90. The summed E-state index contributed by atoms with van der Waals surface area (Å²) in [7, 11) is 0. The second-order valence-corrected chi connectivity index (χ2v) is 4.94. The van der Waals surface area contributed by atoms with Crippen LogP contribution in [-0.2, 0) is 4.79 Å². The highest BCUT2D eigenvalue weighted by molar-refractivity contribution is 9.10. The van der Waals surface area contributed by atoms with Crippen LogP contribution in [0.25, 0.3) is 0 Å². The maximum absolute atomic E-state index is 13.2. The molecule has 15 heavy (non-hydrogen) atoms. The zero-order valence-corrected chi connectivity index (χ0v) is 10.6. The Hall–Kier alpha value is -0.610. The van der Waals surface area contributed by atoms with Gasteiger partial charge in [0.1, 0.15) is 0 Å². The van der Waals surface area contributed by atoms with E-state index in [-0.39, 0.29) is 0 Å². The summed E-state index contributed by atoms with van der Waals surface area (Å²) in [4.78, 5) is 11.3. The molecule has 1 rings (SSSR count). The van der Waals surface area contributed by atoms with Gasteiger partial charge in [-0.25, -0.2) is 4.39 Å². The third kappa shape index (κ3) is 3.80. The van der Waals surface area contributed by atoms with E-state index in [1.54, 1.807) is 18.2 Å². The zero-order chi connectivity index (χ0) is 11.6. The molecule has 82 valence electrons. The summed E-state index contributed by atoms with van der Waals surface area (Å²) in [5.41, 5.74) is -1.44. The number of benzene rings is 1. The minimum Gasteiger partial charge on any atom is -0.323 e. The molecule has 1 N–H and O–H groups in total. The first-order valence-corrected chi connectivity index (χ1v) is 5.42. The third-order valence-corrected chi connectivity index (χ3v) is 2.34. The molecule has 0 atom stereocenters. The van der Waals surface area contributed by atoms with Crippen molar-refractivity contribution in [3.63, 3.8) is 0 Å². The summed E-state index contributed by atoms with van der Waals surface area (Å²) in [6, 6.07) is 4.88. The highest BCUT2D eigenvalue weighted by Gasteiger charge is 2.26. The van der Waals surface area contributed by atoms with Gasteiger partial charge in [-0.15, -0.1) is 0 Å². The predicted octanol–water partition coefficient (Wildman–Crippen LogP) is 3.79. The van der Waals surface area contributed by atoms with E-state index in [1.165, 1.54) is 13.8 Å². The van der Waals surface area contributed by atoms with Gasteiger partial charge in [-0.3, -0.25) is 4.79 Å². The molecule has 5 heteroatoms. The Kier molecular flexibility index (Phi) is 3.73. The van der Waals surface area contributed by atoms with E-state index in [2.05, 4.69) is 21.2 Å². The second kappa shape index (κ2) is 4.49. The highest BCUT2D eigenvalue weighted by Crippen LogP contribution is 2.23. The molecule has 1 aromatic rings. The maximum Gasteiger partial charge on any atom is 0.261 e. The van der Waals surface area contributed by atoms with Crippen molar-refractivity contribution in [1.82, 2.24) is 0 Å². The van der Waals surface area contributed by atoms with Crippen molar-refractivity contribution in [2.75, 3.05) is 5.32 Å². The molecular weight excluding hydrogens is 284 g/mol. The van der Waals surface area contributed by atoms with Gasteiger partial charge in [0.05, 0.1) is 0 Å². The quantitative estimate of drug-likeness (QED) is 0.883. The van der Waals surface area contributed by atoms with E-state index >= 15 is 0 Å². The predicted molar refractivity (Wildman–Crippen MR) is 63.0 cm³/mol. The van der Waals surface area contributed by atoms with Crippen molar-refractivity contribution in [2.24, 2.45) is 0 Å². The summed E-state index contributed by atoms with van der Waals surface area (Å²) in [5.74, 6) is -0.698. The van der Waals surface area contributed by atoms with Crippen LogP contribution in [0.15, 0.2) is 22.7 Å². The molecule has 0 saturated heterocycles. The van der Waals surface area contributed by atoms with Crippen molar-refractivity contribution in [3.8, 4) is 0 Å². The fourth-order valence-corrected chi connectivity index (χ4v) is 1.77. The molecule has 0 aliphatic heterocycles. The van der Waals surface area contributed by atoms with E-state index in [0.717, 1.165) is 4.47 Å². The van der Waals surface area contributed by atoms with Gasteiger partial charge in [0, 0.05) is 15.2 Å². The lowest BCUT2D eigenvalue weighted by atomic mass is 10.1. The zero-order valence-electron chi connectivity index (χ0n) is 8.27. The van der Waals surface area contributed by atoms with Gasteiger partial charge in [-0.05, 0) is 32.0 Å². The first-order chi connectivity index (χ1) is 6.79. The Bertz CT molecular complexity index is 369. The lowest BCUT2D eigenvalue weighted by Gasteiger charge is -2.14. The van der Waals surface area contributed by atoms with Crippen LogP contribution < -0.4 is 5.32 Å². The van der Waals surface area contributed by atoms with Gasteiger partial charge >= 0.3 is 0 Å².